The summed E-state index contributed by atoms with van der Waals surface area (Å²) in [4.78, 5) is 88.4. The Morgan fingerprint density at radius 1 is 1.00 bits per heavy atom. The van der Waals surface area contributed by atoms with Gasteiger partial charge in [-0.2, -0.15) is 0 Å². The van der Waals surface area contributed by atoms with Crippen LogP contribution in [0, 0.1) is 11.8 Å². The Kier molecular flexibility index (Phi) is 15.0. The molecule has 0 saturated carbocycles. The van der Waals surface area contributed by atoms with Gasteiger partial charge in [0, 0.05) is 81.3 Å². The number of ether oxygens (including phenoxy) is 1. The number of nitrogens with one attached hydrogen (secondary N) is 4. The van der Waals surface area contributed by atoms with Crippen molar-refractivity contribution in [2.75, 3.05) is 71.9 Å². The molecule has 0 spiro atoms. The van der Waals surface area contributed by atoms with Crippen LogP contribution in [0.2, 0.25) is 0 Å². The minimum atomic E-state index is -0.588. The molecule has 278 valence electrons. The molecule has 1 aliphatic carbocycles. The van der Waals surface area contributed by atoms with Crippen LogP contribution in [0.4, 0.5) is 0 Å². The number of fused-ring (bicyclic) bond motifs is 2. The molecule has 0 radical (unpaired) electrons. The molecule has 0 aromatic carbocycles. The summed E-state index contributed by atoms with van der Waals surface area (Å²) >= 11 is 8.05. The van der Waals surface area contributed by atoms with Gasteiger partial charge in [0.05, 0.1) is 31.4 Å². The third kappa shape index (κ3) is 10.8. The minimum Gasteiger partial charge on any atom is -0.495 e. The van der Waals surface area contributed by atoms with E-state index < -0.39 is 11.8 Å². The largest absolute Gasteiger partial charge is 0.495 e. The molecule has 0 bridgehead atoms. The normalized spacial score (nSPS) is 20.4. The molecule has 3 atom stereocenters. The predicted octanol–water partition coefficient (Wildman–Crippen LogP) is -0.001000. The van der Waals surface area contributed by atoms with Crippen LogP contribution in [0.3, 0.4) is 0 Å². The number of allylic oxidation sites excluding steroid dienone is 2. The van der Waals surface area contributed by atoms with Crippen molar-refractivity contribution in [1.82, 2.24) is 36.0 Å². The Morgan fingerprint density at radius 2 is 1.69 bits per heavy atom. The Morgan fingerprint density at radius 3 is 2.37 bits per heavy atom. The molecule has 0 saturated heterocycles. The monoisotopic (exact) mass is 747 g/mol. The van der Waals surface area contributed by atoms with Crippen molar-refractivity contribution >= 4 is 65.2 Å². The molecule has 3 unspecified atom stereocenters. The highest BCUT2D eigenvalue weighted by molar-refractivity contribution is 8.03. The van der Waals surface area contributed by atoms with Gasteiger partial charge in [-0.25, -0.2) is 0 Å². The molecular weight excluding hydrogens is 702 g/mol. The van der Waals surface area contributed by atoms with Gasteiger partial charge in [0.2, 0.25) is 30.0 Å². The lowest BCUT2D eigenvalue weighted by molar-refractivity contribution is -0.137. The number of rotatable bonds is 21. The number of alkyl halides is 1. The van der Waals surface area contributed by atoms with Gasteiger partial charge < -0.3 is 35.8 Å². The van der Waals surface area contributed by atoms with Crippen molar-refractivity contribution in [3.8, 4) is 0 Å². The number of carbonyl (C=O) groups excluding carboxylic acids is 7. The fourth-order valence-corrected chi connectivity index (χ4v) is 7.94. The first kappa shape index (κ1) is 39.5. The van der Waals surface area contributed by atoms with E-state index in [1.807, 2.05) is 7.05 Å². The smallest absolute Gasteiger partial charge is 0.253 e. The topological polar surface area (TPSA) is 187 Å². The molecule has 3 heterocycles. The van der Waals surface area contributed by atoms with Gasteiger partial charge in [-0.15, -0.1) is 23.4 Å². The van der Waals surface area contributed by atoms with Crippen molar-refractivity contribution in [3.05, 3.63) is 46.2 Å². The predicted molar refractivity (Wildman–Crippen MR) is 191 cm³/mol. The van der Waals surface area contributed by atoms with Crippen LogP contribution in [0.5, 0.6) is 0 Å². The average molecular weight is 748 g/mol. The van der Waals surface area contributed by atoms with Gasteiger partial charge >= 0.3 is 0 Å². The number of carbonyl (C=O) groups is 7. The number of imide groups is 1. The zero-order valence-corrected chi connectivity index (χ0v) is 30.5. The van der Waals surface area contributed by atoms with Gasteiger partial charge in [0.25, 0.3) is 11.8 Å². The van der Waals surface area contributed by atoms with E-state index in [0.717, 1.165) is 22.9 Å². The molecule has 0 aromatic heterocycles. The standard InChI is InChI=1S/C34H46ClN7O8S/c1-22-20-51-34-25(14-24-33(32(22)34)23(15-35)19-40(24)2)50-13-12-41(11-9-36-21-43)31(49)18-39-28(46)17-38-27(45)16-37-26(44)6-4-3-5-10-42-29(47)7-8-30(42)48/h7-8,14,20-21,23,32,34H,3-6,9-13,15-19H2,1-2H3,(H,36,43)(H,37,44)(H,38,45)(H,39,46). The van der Waals surface area contributed by atoms with E-state index in [1.54, 1.807) is 11.8 Å². The van der Waals surface area contributed by atoms with E-state index in [9.17, 15) is 33.6 Å². The number of hydrogen-bond acceptors (Lipinski definition) is 10. The van der Waals surface area contributed by atoms with Crippen LogP contribution in [-0.2, 0) is 38.3 Å². The van der Waals surface area contributed by atoms with E-state index >= 15 is 0 Å². The van der Waals surface area contributed by atoms with E-state index in [2.05, 4.69) is 44.6 Å². The van der Waals surface area contributed by atoms with Gasteiger partial charge in [-0.3, -0.25) is 38.5 Å². The van der Waals surface area contributed by atoms with Crippen molar-refractivity contribution in [2.45, 2.75) is 37.9 Å². The van der Waals surface area contributed by atoms with E-state index in [0.29, 0.717) is 31.6 Å². The second kappa shape index (κ2) is 19.3. The third-order valence-corrected chi connectivity index (χ3v) is 10.7. The number of amides is 7. The van der Waals surface area contributed by atoms with Crippen LogP contribution < -0.4 is 21.3 Å². The van der Waals surface area contributed by atoms with Crippen molar-refractivity contribution < 1.29 is 38.3 Å². The number of nitrogens with zero attached hydrogens (tertiary/aromatic N) is 3. The van der Waals surface area contributed by atoms with Crippen LogP contribution in [0.15, 0.2) is 46.2 Å². The fourth-order valence-electron chi connectivity index (χ4n) is 6.38. The maximum Gasteiger partial charge on any atom is 0.253 e. The second-order valence-corrected chi connectivity index (χ2v) is 13.9. The van der Waals surface area contributed by atoms with Crippen LogP contribution >= 0.6 is 23.4 Å². The highest BCUT2D eigenvalue weighted by Gasteiger charge is 2.45. The summed E-state index contributed by atoms with van der Waals surface area (Å²) in [5.74, 6) is -0.690. The fraction of sp³-hybridized carbons (Fsp3) is 0.559. The summed E-state index contributed by atoms with van der Waals surface area (Å²) in [6, 6.07) is 0. The summed E-state index contributed by atoms with van der Waals surface area (Å²) < 4.78 is 6.28. The average Bonchev–Trinajstić information content (AvgIpc) is 3.77. The lowest BCUT2D eigenvalue weighted by Gasteiger charge is -2.32. The maximum atomic E-state index is 13.1. The minimum absolute atomic E-state index is 0.0975. The van der Waals surface area contributed by atoms with E-state index in [4.69, 9.17) is 16.3 Å². The Balaban J connectivity index is 1.14. The molecule has 0 aromatic rings. The Labute approximate surface area is 306 Å². The van der Waals surface area contributed by atoms with Crippen LogP contribution in [0.25, 0.3) is 0 Å². The first-order chi connectivity index (χ1) is 24.5. The second-order valence-electron chi connectivity index (χ2n) is 12.6. The zero-order valence-electron chi connectivity index (χ0n) is 28.9. The lowest BCUT2D eigenvalue weighted by atomic mass is 9.80. The number of hydrogen-bond donors (Lipinski definition) is 4. The molecule has 0 fully saturated rings. The SMILES string of the molecule is CC1=CSC2C(OCCN(CCNC=O)C(=O)CNC(=O)CNC(=O)CNC(=O)CCCCCN3C(=O)C=CC3=O)=CC3=C(C(CCl)CN3C)C12. The number of thioether (sulfide) groups is 1. The third-order valence-electron chi connectivity index (χ3n) is 9.02. The quantitative estimate of drug-likeness (QED) is 0.0539. The molecule has 51 heavy (non-hydrogen) atoms. The Bertz CT molecular complexity index is 1480. The highest BCUT2D eigenvalue weighted by Crippen LogP contribution is 2.52. The lowest BCUT2D eigenvalue weighted by Crippen LogP contribution is -2.47. The highest BCUT2D eigenvalue weighted by atomic mass is 35.5. The van der Waals surface area contributed by atoms with E-state index in [-0.39, 0.29) is 99.6 Å². The number of likely N-dealkylation sites (N-methyl/N-ethyl adjacent to an activating group) is 1. The first-order valence-electron chi connectivity index (χ1n) is 17.0. The summed E-state index contributed by atoms with van der Waals surface area (Å²) in [7, 11) is 2.05. The summed E-state index contributed by atoms with van der Waals surface area (Å²) in [5, 5.41) is 12.2. The molecule has 7 amide bonds. The van der Waals surface area contributed by atoms with Crippen molar-refractivity contribution in [1.29, 1.82) is 0 Å². The molecular formula is C34H46ClN7O8S. The van der Waals surface area contributed by atoms with Crippen molar-refractivity contribution in [3.63, 3.8) is 0 Å². The molecule has 15 nitrogen and oxygen atoms in total. The van der Waals surface area contributed by atoms with Crippen molar-refractivity contribution in [2.24, 2.45) is 11.8 Å². The number of halogens is 1. The van der Waals surface area contributed by atoms with Gasteiger partial charge in [0.1, 0.15) is 12.4 Å². The molecule has 4 aliphatic rings. The van der Waals surface area contributed by atoms with Gasteiger partial charge in [-0.05, 0) is 30.7 Å². The Hall–Kier alpha value is -4.31. The van der Waals surface area contributed by atoms with Crippen LogP contribution in [-0.4, -0.2) is 134 Å². The van der Waals surface area contributed by atoms with Gasteiger partial charge in [0.15, 0.2) is 0 Å². The molecule has 17 heteroatoms. The summed E-state index contributed by atoms with van der Waals surface area (Å²) in [5.41, 5.74) is 3.76. The molecule has 4 rings (SSSR count). The van der Waals surface area contributed by atoms with E-state index in [1.165, 1.54) is 28.2 Å². The molecule has 3 aliphatic heterocycles. The summed E-state index contributed by atoms with van der Waals surface area (Å²) in [6.45, 7) is 3.09. The number of unbranched alkanes of at least 4 members (excludes halogenated alkanes) is 2. The van der Waals surface area contributed by atoms with Gasteiger partial charge in [-0.1, -0.05) is 12.0 Å². The van der Waals surface area contributed by atoms with Crippen LogP contribution in [0.1, 0.15) is 32.6 Å². The first-order valence-corrected chi connectivity index (χ1v) is 18.5. The maximum absolute atomic E-state index is 13.1. The molecule has 4 N–H and O–H groups in total. The zero-order chi connectivity index (χ0) is 36.9. The summed E-state index contributed by atoms with van der Waals surface area (Å²) in [6.07, 6.45) is 6.95.